The SMILES string of the molecule is CC(C)NC(=O)/C(C#N)=C/c1cn(-c2ccccc2)nc1-c1ccncc1. The van der Waals surface area contributed by atoms with Crippen LogP contribution in [0.1, 0.15) is 19.4 Å². The second kappa shape index (κ2) is 8.11. The molecule has 0 saturated carbocycles. The van der Waals surface area contributed by atoms with E-state index in [-0.39, 0.29) is 11.6 Å². The van der Waals surface area contributed by atoms with Crippen LogP contribution in [0.3, 0.4) is 0 Å². The van der Waals surface area contributed by atoms with E-state index in [4.69, 9.17) is 0 Å². The van der Waals surface area contributed by atoms with Gasteiger partial charge in [0.2, 0.25) is 0 Å². The van der Waals surface area contributed by atoms with Crippen LogP contribution in [-0.4, -0.2) is 26.7 Å². The van der Waals surface area contributed by atoms with Crippen LogP contribution in [0, 0.1) is 11.3 Å². The van der Waals surface area contributed by atoms with Crippen LogP contribution < -0.4 is 5.32 Å². The first-order valence-electron chi connectivity index (χ1n) is 8.56. The van der Waals surface area contributed by atoms with E-state index in [1.165, 1.54) is 0 Å². The van der Waals surface area contributed by atoms with Gasteiger partial charge in [-0.15, -0.1) is 0 Å². The molecule has 0 unspecified atom stereocenters. The second-order valence-corrected chi connectivity index (χ2v) is 6.25. The van der Waals surface area contributed by atoms with E-state index >= 15 is 0 Å². The number of para-hydroxylation sites is 1. The zero-order valence-electron chi connectivity index (χ0n) is 15.1. The maximum atomic E-state index is 12.3. The fraction of sp³-hybridized carbons (Fsp3) is 0.143. The molecule has 0 radical (unpaired) electrons. The Morgan fingerprint density at radius 1 is 1.19 bits per heavy atom. The Morgan fingerprint density at radius 2 is 1.89 bits per heavy atom. The molecule has 27 heavy (non-hydrogen) atoms. The van der Waals surface area contributed by atoms with E-state index in [2.05, 4.69) is 15.4 Å². The molecule has 2 heterocycles. The molecule has 3 rings (SSSR count). The fourth-order valence-electron chi connectivity index (χ4n) is 2.58. The van der Waals surface area contributed by atoms with Crippen molar-refractivity contribution in [1.29, 1.82) is 5.26 Å². The number of carbonyl (C=O) groups is 1. The van der Waals surface area contributed by atoms with Crippen molar-refractivity contribution in [2.24, 2.45) is 0 Å². The summed E-state index contributed by atoms with van der Waals surface area (Å²) < 4.78 is 1.73. The number of rotatable bonds is 5. The number of nitrogens with zero attached hydrogens (tertiary/aromatic N) is 4. The molecule has 0 fully saturated rings. The Hall–Kier alpha value is -3.72. The van der Waals surface area contributed by atoms with Crippen molar-refractivity contribution in [2.45, 2.75) is 19.9 Å². The quantitative estimate of drug-likeness (QED) is 0.560. The summed E-state index contributed by atoms with van der Waals surface area (Å²) in [4.78, 5) is 16.3. The van der Waals surface area contributed by atoms with Crippen molar-refractivity contribution >= 4 is 12.0 Å². The summed E-state index contributed by atoms with van der Waals surface area (Å²) in [7, 11) is 0. The average Bonchev–Trinajstić information content (AvgIpc) is 3.11. The molecule has 1 N–H and O–H groups in total. The summed E-state index contributed by atoms with van der Waals surface area (Å²) in [6, 6.07) is 15.3. The molecule has 0 aliphatic rings. The average molecular weight is 357 g/mol. The van der Waals surface area contributed by atoms with Crippen LogP contribution in [0.15, 0.2) is 66.6 Å². The van der Waals surface area contributed by atoms with Crippen LogP contribution in [-0.2, 0) is 4.79 Å². The van der Waals surface area contributed by atoms with E-state index in [0.717, 1.165) is 11.3 Å². The molecule has 1 amide bonds. The van der Waals surface area contributed by atoms with E-state index in [0.29, 0.717) is 11.3 Å². The standard InChI is InChI=1S/C21H19N5O/c1-15(2)24-21(27)17(13-22)12-18-14-26(19-6-4-3-5-7-19)25-20(18)16-8-10-23-11-9-16/h3-12,14-15H,1-2H3,(H,24,27)/b17-12+. The van der Waals surface area contributed by atoms with Crippen molar-refractivity contribution in [2.75, 3.05) is 0 Å². The summed E-state index contributed by atoms with van der Waals surface area (Å²) in [5.74, 6) is -0.402. The van der Waals surface area contributed by atoms with Gasteiger partial charge in [-0.2, -0.15) is 10.4 Å². The van der Waals surface area contributed by atoms with Gasteiger partial charge >= 0.3 is 0 Å². The smallest absolute Gasteiger partial charge is 0.262 e. The van der Waals surface area contributed by atoms with E-state index < -0.39 is 5.91 Å². The highest BCUT2D eigenvalue weighted by Crippen LogP contribution is 2.25. The molecular weight excluding hydrogens is 338 g/mol. The van der Waals surface area contributed by atoms with Crippen LogP contribution in [0.2, 0.25) is 0 Å². The van der Waals surface area contributed by atoms with Gasteiger partial charge < -0.3 is 5.32 Å². The van der Waals surface area contributed by atoms with Crippen LogP contribution in [0.5, 0.6) is 0 Å². The minimum atomic E-state index is -0.402. The zero-order valence-corrected chi connectivity index (χ0v) is 15.1. The minimum Gasteiger partial charge on any atom is -0.349 e. The minimum absolute atomic E-state index is 0.0339. The summed E-state index contributed by atoms with van der Waals surface area (Å²) in [6.45, 7) is 3.70. The lowest BCUT2D eigenvalue weighted by atomic mass is 10.1. The van der Waals surface area contributed by atoms with Crippen molar-refractivity contribution < 1.29 is 4.79 Å². The molecule has 6 heteroatoms. The molecule has 1 aromatic carbocycles. The van der Waals surface area contributed by atoms with Gasteiger partial charge in [-0.25, -0.2) is 4.68 Å². The second-order valence-electron chi connectivity index (χ2n) is 6.25. The van der Waals surface area contributed by atoms with E-state index in [1.807, 2.05) is 68.6 Å². The maximum absolute atomic E-state index is 12.3. The summed E-state index contributed by atoms with van der Waals surface area (Å²) >= 11 is 0. The van der Waals surface area contributed by atoms with Gasteiger partial charge in [-0.3, -0.25) is 9.78 Å². The highest BCUT2D eigenvalue weighted by Gasteiger charge is 2.15. The highest BCUT2D eigenvalue weighted by atomic mass is 16.1. The molecule has 134 valence electrons. The molecule has 0 bridgehead atoms. The normalized spacial score (nSPS) is 11.3. The van der Waals surface area contributed by atoms with Crippen molar-refractivity contribution in [3.8, 4) is 23.0 Å². The van der Waals surface area contributed by atoms with Crippen LogP contribution in [0.25, 0.3) is 23.0 Å². The number of nitriles is 1. The number of benzene rings is 1. The largest absolute Gasteiger partial charge is 0.349 e. The van der Waals surface area contributed by atoms with Gasteiger partial charge in [0, 0.05) is 35.8 Å². The molecule has 0 atom stereocenters. The Bertz CT molecular complexity index is 998. The van der Waals surface area contributed by atoms with Gasteiger partial charge in [-0.1, -0.05) is 18.2 Å². The monoisotopic (exact) mass is 357 g/mol. The predicted molar refractivity (Wildman–Crippen MR) is 104 cm³/mol. The number of carbonyl (C=O) groups excluding carboxylic acids is 1. The van der Waals surface area contributed by atoms with Crippen LogP contribution in [0.4, 0.5) is 0 Å². The third-order valence-electron chi connectivity index (χ3n) is 3.80. The third kappa shape index (κ3) is 4.28. The van der Waals surface area contributed by atoms with Gasteiger partial charge in [0.15, 0.2) is 0 Å². The molecule has 6 nitrogen and oxygen atoms in total. The summed E-state index contributed by atoms with van der Waals surface area (Å²) in [6.07, 6.45) is 6.74. The van der Waals surface area contributed by atoms with Crippen molar-refractivity contribution in [1.82, 2.24) is 20.1 Å². The Labute approximate surface area is 157 Å². The maximum Gasteiger partial charge on any atom is 0.262 e. The molecular formula is C21H19N5O. The van der Waals surface area contributed by atoms with Gasteiger partial charge in [-0.05, 0) is 44.2 Å². The number of pyridine rings is 1. The molecule has 0 saturated heterocycles. The van der Waals surface area contributed by atoms with Gasteiger partial charge in [0.1, 0.15) is 17.3 Å². The number of nitrogens with one attached hydrogen (secondary N) is 1. The third-order valence-corrected chi connectivity index (χ3v) is 3.80. The predicted octanol–water partition coefficient (Wildman–Crippen LogP) is 3.37. The Balaban J connectivity index is 2.10. The van der Waals surface area contributed by atoms with Crippen molar-refractivity contribution in [3.63, 3.8) is 0 Å². The molecule has 3 aromatic rings. The number of aromatic nitrogens is 3. The first-order chi connectivity index (χ1) is 13.1. The van der Waals surface area contributed by atoms with Gasteiger partial charge in [0.05, 0.1) is 5.69 Å². The lowest BCUT2D eigenvalue weighted by Gasteiger charge is -2.06. The zero-order chi connectivity index (χ0) is 19.2. The fourth-order valence-corrected chi connectivity index (χ4v) is 2.58. The first-order valence-corrected chi connectivity index (χ1v) is 8.56. The summed E-state index contributed by atoms with van der Waals surface area (Å²) in [5.41, 5.74) is 3.13. The first kappa shape index (κ1) is 18.1. The molecule has 0 aliphatic carbocycles. The number of amides is 1. The Kier molecular flexibility index (Phi) is 5.43. The lowest BCUT2D eigenvalue weighted by Crippen LogP contribution is -2.30. The van der Waals surface area contributed by atoms with E-state index in [9.17, 15) is 10.1 Å². The molecule has 2 aromatic heterocycles. The summed E-state index contributed by atoms with van der Waals surface area (Å²) in [5, 5.41) is 16.8. The highest BCUT2D eigenvalue weighted by molar-refractivity contribution is 6.02. The molecule has 0 spiro atoms. The van der Waals surface area contributed by atoms with E-state index in [1.54, 1.807) is 23.2 Å². The van der Waals surface area contributed by atoms with Gasteiger partial charge in [0.25, 0.3) is 5.91 Å². The lowest BCUT2D eigenvalue weighted by molar-refractivity contribution is -0.117. The van der Waals surface area contributed by atoms with Crippen molar-refractivity contribution in [3.05, 3.63) is 72.2 Å². The van der Waals surface area contributed by atoms with Crippen LogP contribution >= 0.6 is 0 Å². The molecule has 0 aliphatic heterocycles. The topological polar surface area (TPSA) is 83.6 Å². The Morgan fingerprint density at radius 3 is 2.52 bits per heavy atom. The number of hydrogen-bond donors (Lipinski definition) is 1. The number of hydrogen-bond acceptors (Lipinski definition) is 4.